The molecule has 0 spiro atoms. The Bertz CT molecular complexity index is 363. The molecule has 0 nitrogen and oxygen atoms in total. The molecule has 0 bridgehead atoms. The van der Waals surface area contributed by atoms with Crippen molar-refractivity contribution in [1.29, 1.82) is 0 Å². The van der Waals surface area contributed by atoms with Gasteiger partial charge >= 0.3 is 96.4 Å². The second-order valence-corrected chi connectivity index (χ2v) is 5.99. The largest absolute Gasteiger partial charge is 0.147 e. The summed E-state index contributed by atoms with van der Waals surface area (Å²) in [6.45, 7) is 2.23. The van der Waals surface area contributed by atoms with Gasteiger partial charge in [-0.25, -0.2) is 0 Å². The van der Waals surface area contributed by atoms with E-state index in [1.54, 1.807) is 0 Å². The van der Waals surface area contributed by atoms with E-state index in [0.717, 1.165) is 3.67 Å². The molecule has 0 saturated heterocycles. The summed E-state index contributed by atoms with van der Waals surface area (Å²) in [5.41, 5.74) is 4.42. The molecule has 0 N–H and O–H groups in total. The summed E-state index contributed by atoms with van der Waals surface area (Å²) in [5.74, 6) is 0. The molecule has 1 atom stereocenters. The minimum Gasteiger partial charge on any atom is -0.147 e. The average molecular weight is 459 g/mol. The van der Waals surface area contributed by atoms with Crippen LogP contribution in [0.4, 0.5) is 0 Å². The number of hydrogen-bond donors (Lipinski definition) is 0. The van der Waals surface area contributed by atoms with Crippen molar-refractivity contribution < 1.29 is 24.4 Å². The van der Waals surface area contributed by atoms with Gasteiger partial charge in [0.1, 0.15) is 0 Å². The Labute approximate surface area is 120 Å². The predicted octanol–water partition coefficient (Wildman–Crippen LogP) is 4.30. The zero-order chi connectivity index (χ0) is 8.72. The predicted molar refractivity (Wildman–Crippen MR) is 65.0 cm³/mol. The van der Waals surface area contributed by atoms with Crippen LogP contribution in [0.1, 0.15) is 21.7 Å². The zero-order valence-electron chi connectivity index (χ0n) is 7.58. The summed E-state index contributed by atoms with van der Waals surface area (Å²) < 4.78 is 1.97. The van der Waals surface area contributed by atoms with E-state index < -0.39 is 0 Å². The van der Waals surface area contributed by atoms with Gasteiger partial charge < -0.3 is 0 Å². The van der Waals surface area contributed by atoms with Crippen LogP contribution < -0.4 is 0 Å². The number of fused-ring (bicyclic) bond motifs is 1. The van der Waals surface area contributed by atoms with E-state index in [2.05, 4.69) is 47.1 Å². The van der Waals surface area contributed by atoms with Gasteiger partial charge in [0.25, 0.3) is 0 Å². The molecule has 1 aliphatic carbocycles. The van der Waals surface area contributed by atoms with Crippen molar-refractivity contribution in [1.82, 2.24) is 0 Å². The smallest absolute Gasteiger partial charge is 0.147 e. The molecule has 0 radical (unpaired) electrons. The fourth-order valence-electron chi connectivity index (χ4n) is 1.51. The first kappa shape index (κ1) is 14.9. The van der Waals surface area contributed by atoms with E-state index in [0.29, 0.717) is 0 Å². The van der Waals surface area contributed by atoms with Crippen molar-refractivity contribution in [2.75, 3.05) is 0 Å². The molecule has 1 aromatic carbocycles. The third-order valence-corrected chi connectivity index (χ3v) is 5.67. The summed E-state index contributed by atoms with van der Waals surface area (Å²) in [5, 5.41) is 0. The van der Waals surface area contributed by atoms with Crippen LogP contribution in [-0.4, -0.2) is 0 Å². The molecule has 75 valence electrons. The molecule has 0 aromatic heterocycles. The van der Waals surface area contributed by atoms with Crippen LogP contribution >= 0.6 is 40.7 Å². The Hall–Kier alpha value is 0.890. The monoisotopic (exact) mass is 459 g/mol. The van der Waals surface area contributed by atoms with Gasteiger partial charge in [-0.05, 0) is 0 Å². The van der Waals surface area contributed by atoms with E-state index in [9.17, 15) is 0 Å². The minimum absolute atomic E-state index is 0. The summed E-state index contributed by atoms with van der Waals surface area (Å²) in [6, 6.07) is 6.48. The van der Waals surface area contributed by atoms with Gasteiger partial charge in [0.05, 0.1) is 0 Å². The van der Waals surface area contributed by atoms with Gasteiger partial charge in [-0.3, -0.25) is 0 Å². The molecule has 2 rings (SSSR count). The fourth-order valence-corrected chi connectivity index (χ4v) is 3.21. The molecule has 0 aliphatic heterocycles. The molecule has 0 fully saturated rings. The number of hydrogen-bond acceptors (Lipinski definition) is 0. The zero-order valence-corrected chi connectivity index (χ0v) is 14.4. The maximum Gasteiger partial charge on any atom is -0.147 e. The average Bonchev–Trinajstić information content (AvgIpc) is 2.32. The normalized spacial score (nSPS) is 17.5. The van der Waals surface area contributed by atoms with Crippen molar-refractivity contribution in [3.05, 3.63) is 39.4 Å². The van der Waals surface area contributed by atoms with Crippen molar-refractivity contribution in [2.45, 2.75) is 10.6 Å². The molecule has 0 amide bonds. The van der Waals surface area contributed by atoms with E-state index in [1.807, 2.05) is 0 Å². The fraction of sp³-hybridized carbons (Fsp3) is 0.200. The van der Waals surface area contributed by atoms with E-state index in [1.165, 1.54) is 45.5 Å². The van der Waals surface area contributed by atoms with Gasteiger partial charge in [0.15, 0.2) is 0 Å². The summed E-state index contributed by atoms with van der Waals surface area (Å²) in [7, 11) is 0. The second kappa shape index (κ2) is 5.83. The molecule has 14 heavy (non-hydrogen) atoms. The van der Waals surface area contributed by atoms with E-state index in [4.69, 9.17) is 0 Å². The van der Waals surface area contributed by atoms with Crippen LogP contribution in [0.25, 0.3) is 6.08 Å². The quantitative estimate of drug-likeness (QED) is 0.508. The third-order valence-electron chi connectivity index (χ3n) is 2.22. The molecule has 4 heteroatoms. The van der Waals surface area contributed by atoms with Crippen molar-refractivity contribution in [2.24, 2.45) is 0 Å². The third kappa shape index (κ3) is 2.52. The SMILES string of the molecule is CC1=Cc2c(Br)cccc2[CH]1[Hf].Cl.Cl. The van der Waals surface area contributed by atoms with Crippen LogP contribution in [0.3, 0.4) is 0 Å². The number of halogens is 3. The summed E-state index contributed by atoms with van der Waals surface area (Å²) in [4.78, 5) is 0. The van der Waals surface area contributed by atoms with Crippen LogP contribution in [-0.2, 0) is 24.4 Å². The minimum atomic E-state index is 0. The number of rotatable bonds is 0. The number of benzene rings is 1. The van der Waals surface area contributed by atoms with Gasteiger partial charge in [-0.15, -0.1) is 24.8 Å². The molecular weight excluding hydrogens is 449 g/mol. The molecule has 1 aromatic rings. The van der Waals surface area contributed by atoms with Crippen molar-refractivity contribution >= 4 is 46.8 Å². The maximum absolute atomic E-state index is 3.57. The van der Waals surface area contributed by atoms with E-state index in [-0.39, 0.29) is 24.8 Å². The van der Waals surface area contributed by atoms with Crippen LogP contribution in [0.5, 0.6) is 0 Å². The van der Waals surface area contributed by atoms with Gasteiger partial charge in [0.2, 0.25) is 0 Å². The maximum atomic E-state index is 3.57. The van der Waals surface area contributed by atoms with Crippen LogP contribution in [0.15, 0.2) is 28.2 Å². The van der Waals surface area contributed by atoms with Gasteiger partial charge in [0, 0.05) is 0 Å². The summed E-state index contributed by atoms with van der Waals surface area (Å²) in [6.07, 6.45) is 2.30. The molecular formula is C10H10BrCl2Hf. The topological polar surface area (TPSA) is 0 Å². The molecule has 0 saturated carbocycles. The first-order valence-electron chi connectivity index (χ1n) is 3.88. The Morgan fingerprint density at radius 3 is 2.50 bits per heavy atom. The van der Waals surface area contributed by atoms with Crippen LogP contribution in [0.2, 0.25) is 0 Å². The Balaban J connectivity index is 0.000000845. The van der Waals surface area contributed by atoms with E-state index >= 15 is 0 Å². The van der Waals surface area contributed by atoms with Crippen molar-refractivity contribution in [3.8, 4) is 0 Å². The first-order valence-corrected chi connectivity index (χ1v) is 6.74. The first-order chi connectivity index (χ1) is 5.70. The summed E-state index contributed by atoms with van der Waals surface area (Å²) >= 11 is 4.80. The Morgan fingerprint density at radius 2 is 1.93 bits per heavy atom. The molecule has 1 unspecified atom stereocenters. The van der Waals surface area contributed by atoms with Gasteiger partial charge in [-0.1, -0.05) is 0 Å². The van der Waals surface area contributed by atoms with Crippen molar-refractivity contribution in [3.63, 3.8) is 0 Å². The molecule has 0 heterocycles. The molecule has 1 aliphatic rings. The number of allylic oxidation sites excluding steroid dienone is 1. The van der Waals surface area contributed by atoms with Crippen LogP contribution in [0, 0.1) is 0 Å². The standard InChI is InChI=1S/C10H8Br.2ClH.Hf/c1-7-5-8-3-2-4-10(11)9(8)6-7;;;/h2-6H,1H3;2*1H;. The van der Waals surface area contributed by atoms with Gasteiger partial charge in [-0.2, -0.15) is 0 Å². The Kier molecular flexibility index (Phi) is 6.20. The second-order valence-electron chi connectivity index (χ2n) is 3.06. The Morgan fingerprint density at radius 1 is 1.29 bits per heavy atom.